The van der Waals surface area contributed by atoms with E-state index in [0.29, 0.717) is 27.9 Å². The van der Waals surface area contributed by atoms with Crippen molar-refractivity contribution in [3.63, 3.8) is 0 Å². The van der Waals surface area contributed by atoms with Gasteiger partial charge in [0.15, 0.2) is 17.6 Å². The summed E-state index contributed by atoms with van der Waals surface area (Å²) in [5, 5.41) is 3.00. The maximum atomic E-state index is 12.1. The summed E-state index contributed by atoms with van der Waals surface area (Å²) in [6.45, 7) is 1.48. The second kappa shape index (κ2) is 9.05. The van der Waals surface area contributed by atoms with E-state index in [4.69, 9.17) is 25.8 Å². The first-order valence-corrected chi connectivity index (χ1v) is 8.13. The topological polar surface area (TPSA) is 86.8 Å². The first-order chi connectivity index (χ1) is 12.4. The fourth-order valence-electron chi connectivity index (χ4n) is 2.13. The van der Waals surface area contributed by atoms with E-state index in [9.17, 15) is 9.59 Å². The van der Waals surface area contributed by atoms with Gasteiger partial charge in [-0.25, -0.2) is 4.98 Å². The summed E-state index contributed by atoms with van der Waals surface area (Å²) in [5.74, 6) is 0.372. The van der Waals surface area contributed by atoms with Gasteiger partial charge in [0.05, 0.1) is 25.7 Å². The second-order valence-electron chi connectivity index (χ2n) is 5.35. The van der Waals surface area contributed by atoms with E-state index >= 15 is 0 Å². The average Bonchev–Trinajstić information content (AvgIpc) is 2.63. The summed E-state index contributed by atoms with van der Waals surface area (Å²) in [5.41, 5.74) is 0.680. The van der Waals surface area contributed by atoms with Crippen LogP contribution in [0.3, 0.4) is 0 Å². The smallest absolute Gasteiger partial charge is 0.311 e. The molecular weight excluding hydrogens is 360 g/mol. The van der Waals surface area contributed by atoms with Crippen molar-refractivity contribution in [2.45, 2.75) is 19.4 Å². The van der Waals surface area contributed by atoms with Crippen molar-refractivity contribution >= 4 is 29.3 Å². The predicted octanol–water partition coefficient (Wildman–Crippen LogP) is 2.87. The number of carbonyl (C=O) groups excluding carboxylic acids is 2. The SMILES string of the molecule is COc1ccc(CC(=O)O[C@@H](C)C(=O)Nc2ccc(Cl)cn2)cc1OC. The van der Waals surface area contributed by atoms with Crippen LogP contribution in [0.15, 0.2) is 36.5 Å². The van der Waals surface area contributed by atoms with Crippen LogP contribution in [0.2, 0.25) is 5.02 Å². The summed E-state index contributed by atoms with van der Waals surface area (Å²) in [4.78, 5) is 28.1. The minimum absolute atomic E-state index is 0.00281. The summed E-state index contributed by atoms with van der Waals surface area (Å²) in [6, 6.07) is 8.26. The quantitative estimate of drug-likeness (QED) is 0.745. The van der Waals surface area contributed by atoms with Crippen LogP contribution in [-0.2, 0) is 20.7 Å². The molecule has 1 amide bonds. The summed E-state index contributed by atoms with van der Waals surface area (Å²) in [7, 11) is 3.04. The molecule has 0 spiro atoms. The highest BCUT2D eigenvalue weighted by Gasteiger charge is 2.19. The van der Waals surface area contributed by atoms with Crippen LogP contribution >= 0.6 is 11.6 Å². The van der Waals surface area contributed by atoms with Gasteiger partial charge in [0.25, 0.3) is 5.91 Å². The van der Waals surface area contributed by atoms with Gasteiger partial charge in [0.2, 0.25) is 0 Å². The number of methoxy groups -OCH3 is 2. The standard InChI is InChI=1S/C18H19ClN2O5/c1-11(18(23)21-16-7-5-13(19)10-20-16)26-17(22)9-12-4-6-14(24-2)15(8-12)25-3/h4-8,10-11H,9H2,1-3H3,(H,20,21,23)/t11-/m0/s1. The minimum Gasteiger partial charge on any atom is -0.493 e. The van der Waals surface area contributed by atoms with Crippen LogP contribution in [-0.4, -0.2) is 37.2 Å². The van der Waals surface area contributed by atoms with E-state index in [1.165, 1.54) is 27.3 Å². The van der Waals surface area contributed by atoms with Crippen LogP contribution in [0.25, 0.3) is 0 Å². The summed E-state index contributed by atoms with van der Waals surface area (Å²) >= 11 is 5.74. The van der Waals surface area contributed by atoms with Gasteiger partial charge in [-0.1, -0.05) is 17.7 Å². The summed E-state index contributed by atoms with van der Waals surface area (Å²) in [6.07, 6.45) is 0.433. The Kier molecular flexibility index (Phi) is 6.80. The zero-order valence-corrected chi connectivity index (χ0v) is 15.4. The summed E-state index contributed by atoms with van der Waals surface area (Å²) < 4.78 is 15.5. The zero-order chi connectivity index (χ0) is 19.1. The molecule has 0 fully saturated rings. The first kappa shape index (κ1) is 19.5. The first-order valence-electron chi connectivity index (χ1n) is 7.75. The molecule has 2 rings (SSSR count). The van der Waals surface area contributed by atoms with Gasteiger partial charge in [-0.15, -0.1) is 0 Å². The number of nitrogens with one attached hydrogen (secondary N) is 1. The number of aromatic nitrogens is 1. The van der Waals surface area contributed by atoms with E-state index in [1.54, 1.807) is 30.3 Å². The number of hydrogen-bond donors (Lipinski definition) is 1. The predicted molar refractivity (Wildman–Crippen MR) is 96.7 cm³/mol. The molecule has 0 saturated carbocycles. The third-order valence-corrected chi connectivity index (χ3v) is 3.68. The van der Waals surface area contributed by atoms with Gasteiger partial charge in [0, 0.05) is 6.20 Å². The number of benzene rings is 1. The number of ether oxygens (including phenoxy) is 3. The Morgan fingerprint density at radius 3 is 2.50 bits per heavy atom. The molecule has 1 aromatic carbocycles. The lowest BCUT2D eigenvalue weighted by molar-refractivity contribution is -0.152. The number of hydrogen-bond acceptors (Lipinski definition) is 6. The number of halogens is 1. The van der Waals surface area contributed by atoms with Gasteiger partial charge in [0.1, 0.15) is 5.82 Å². The Bertz CT molecular complexity index is 780. The van der Waals surface area contributed by atoms with Crippen molar-refractivity contribution in [1.29, 1.82) is 0 Å². The molecule has 1 aromatic heterocycles. The number of anilines is 1. The van der Waals surface area contributed by atoms with Crippen LogP contribution in [0.1, 0.15) is 12.5 Å². The number of rotatable bonds is 7. The molecule has 0 bridgehead atoms. The maximum absolute atomic E-state index is 12.1. The number of pyridine rings is 1. The molecule has 0 saturated heterocycles. The highest BCUT2D eigenvalue weighted by molar-refractivity contribution is 6.30. The molecule has 0 aliphatic heterocycles. The Balaban J connectivity index is 1.92. The molecule has 1 heterocycles. The van der Waals surface area contributed by atoms with Crippen molar-refractivity contribution in [2.75, 3.05) is 19.5 Å². The lowest BCUT2D eigenvalue weighted by Crippen LogP contribution is -2.30. The molecule has 26 heavy (non-hydrogen) atoms. The van der Waals surface area contributed by atoms with Gasteiger partial charge >= 0.3 is 5.97 Å². The van der Waals surface area contributed by atoms with E-state index in [0.717, 1.165) is 0 Å². The molecule has 1 atom stereocenters. The van der Waals surface area contributed by atoms with Crippen molar-refractivity contribution in [3.8, 4) is 11.5 Å². The Morgan fingerprint density at radius 2 is 1.88 bits per heavy atom. The van der Waals surface area contributed by atoms with Crippen molar-refractivity contribution < 1.29 is 23.8 Å². The fraction of sp³-hybridized carbons (Fsp3) is 0.278. The lowest BCUT2D eigenvalue weighted by Gasteiger charge is -2.14. The lowest BCUT2D eigenvalue weighted by atomic mass is 10.1. The van der Waals surface area contributed by atoms with E-state index in [2.05, 4.69) is 10.3 Å². The Hall–Kier alpha value is -2.80. The molecule has 0 radical (unpaired) electrons. The maximum Gasteiger partial charge on any atom is 0.311 e. The molecule has 0 aliphatic rings. The van der Waals surface area contributed by atoms with Crippen LogP contribution in [0.4, 0.5) is 5.82 Å². The monoisotopic (exact) mass is 378 g/mol. The molecular formula is C18H19ClN2O5. The highest BCUT2D eigenvalue weighted by atomic mass is 35.5. The van der Waals surface area contributed by atoms with Crippen molar-refractivity contribution in [2.24, 2.45) is 0 Å². The van der Waals surface area contributed by atoms with Gasteiger partial charge in [-0.2, -0.15) is 0 Å². The zero-order valence-electron chi connectivity index (χ0n) is 14.6. The Labute approximate surface area is 156 Å². The number of esters is 1. The molecule has 0 unspecified atom stereocenters. The van der Waals surface area contributed by atoms with Crippen molar-refractivity contribution in [1.82, 2.24) is 4.98 Å². The largest absolute Gasteiger partial charge is 0.493 e. The van der Waals surface area contributed by atoms with Gasteiger partial charge in [-0.3, -0.25) is 9.59 Å². The van der Waals surface area contributed by atoms with Crippen LogP contribution < -0.4 is 14.8 Å². The molecule has 2 aromatic rings. The molecule has 8 heteroatoms. The van der Waals surface area contributed by atoms with E-state index < -0.39 is 18.0 Å². The highest BCUT2D eigenvalue weighted by Crippen LogP contribution is 2.27. The van der Waals surface area contributed by atoms with Gasteiger partial charge in [-0.05, 0) is 36.8 Å². The minimum atomic E-state index is -0.972. The normalized spacial score (nSPS) is 11.4. The van der Waals surface area contributed by atoms with E-state index in [-0.39, 0.29) is 6.42 Å². The number of amides is 1. The molecule has 1 N–H and O–H groups in total. The van der Waals surface area contributed by atoms with Crippen molar-refractivity contribution in [3.05, 3.63) is 47.1 Å². The second-order valence-corrected chi connectivity index (χ2v) is 5.79. The average molecular weight is 379 g/mol. The molecule has 138 valence electrons. The molecule has 0 aliphatic carbocycles. The van der Waals surface area contributed by atoms with Gasteiger partial charge < -0.3 is 19.5 Å². The molecule has 7 nitrogen and oxygen atoms in total. The number of nitrogens with zero attached hydrogens (tertiary/aromatic N) is 1. The third kappa shape index (κ3) is 5.35. The third-order valence-electron chi connectivity index (χ3n) is 3.45. The number of carbonyl (C=O) groups is 2. The fourth-order valence-corrected chi connectivity index (χ4v) is 2.24. The van der Waals surface area contributed by atoms with E-state index in [1.807, 2.05) is 0 Å². The van der Waals surface area contributed by atoms with Crippen LogP contribution in [0, 0.1) is 0 Å². The Morgan fingerprint density at radius 1 is 1.15 bits per heavy atom. The van der Waals surface area contributed by atoms with Crippen LogP contribution in [0.5, 0.6) is 11.5 Å².